The van der Waals surface area contributed by atoms with E-state index in [0.717, 1.165) is 16.7 Å². The van der Waals surface area contributed by atoms with Gasteiger partial charge in [-0.05, 0) is 78.9 Å². The van der Waals surface area contributed by atoms with Crippen LogP contribution in [0.2, 0.25) is 15.1 Å². The summed E-state index contributed by atoms with van der Waals surface area (Å²) in [5.41, 5.74) is 1.72. The van der Waals surface area contributed by atoms with Gasteiger partial charge in [-0.2, -0.15) is 0 Å². The Morgan fingerprint density at radius 2 is 1.75 bits per heavy atom. The molecular formula is C28H23Cl3N2O6S. The van der Waals surface area contributed by atoms with Gasteiger partial charge in [-0.1, -0.05) is 40.9 Å². The number of ether oxygens (including phenoxy) is 3. The molecule has 12 heteroatoms. The minimum Gasteiger partial charge on any atom is -0.494 e. The van der Waals surface area contributed by atoms with E-state index in [2.05, 4.69) is 5.32 Å². The van der Waals surface area contributed by atoms with Crippen molar-refractivity contribution < 1.29 is 28.6 Å². The third-order valence-corrected chi connectivity index (χ3v) is 7.34. The fourth-order valence-electron chi connectivity index (χ4n) is 3.68. The van der Waals surface area contributed by atoms with Gasteiger partial charge in [0.1, 0.15) is 18.9 Å². The summed E-state index contributed by atoms with van der Waals surface area (Å²) >= 11 is 19.4. The van der Waals surface area contributed by atoms with Crippen molar-refractivity contribution in [3.63, 3.8) is 0 Å². The third-order valence-electron chi connectivity index (χ3n) is 5.56. The average molecular weight is 622 g/mol. The van der Waals surface area contributed by atoms with E-state index in [1.807, 2.05) is 6.92 Å². The lowest BCUT2D eigenvalue weighted by Gasteiger charge is -2.14. The van der Waals surface area contributed by atoms with Crippen molar-refractivity contribution >= 4 is 75.4 Å². The van der Waals surface area contributed by atoms with Gasteiger partial charge < -0.3 is 19.5 Å². The van der Waals surface area contributed by atoms with Crippen molar-refractivity contribution in [3.05, 3.63) is 85.7 Å². The van der Waals surface area contributed by atoms with Gasteiger partial charge in [0.05, 0.1) is 23.6 Å². The Balaban J connectivity index is 1.44. The van der Waals surface area contributed by atoms with Crippen molar-refractivity contribution in [3.8, 4) is 17.2 Å². The quantitative estimate of drug-likeness (QED) is 0.237. The number of nitrogens with one attached hydrogen (secondary N) is 1. The van der Waals surface area contributed by atoms with Crippen molar-refractivity contribution in [2.45, 2.75) is 13.5 Å². The highest BCUT2D eigenvalue weighted by Gasteiger charge is 2.36. The normalized spacial score (nSPS) is 14.0. The maximum Gasteiger partial charge on any atom is 0.294 e. The van der Waals surface area contributed by atoms with Crippen molar-refractivity contribution in [2.24, 2.45) is 0 Å². The zero-order valence-electron chi connectivity index (χ0n) is 21.3. The first kappa shape index (κ1) is 29.6. The number of methoxy groups -OCH3 is 1. The van der Waals surface area contributed by atoms with Crippen molar-refractivity contribution in [2.75, 3.05) is 25.6 Å². The fraction of sp³-hybridized carbons (Fsp3) is 0.179. The molecule has 0 saturated carbocycles. The third kappa shape index (κ3) is 7.22. The van der Waals surface area contributed by atoms with Gasteiger partial charge in [0.2, 0.25) is 5.91 Å². The molecule has 0 atom stereocenters. The van der Waals surface area contributed by atoms with Crippen LogP contribution in [0.4, 0.5) is 10.5 Å². The van der Waals surface area contributed by atoms with Crippen LogP contribution in [0.5, 0.6) is 17.2 Å². The summed E-state index contributed by atoms with van der Waals surface area (Å²) in [6.07, 6.45) is 1.50. The predicted molar refractivity (Wildman–Crippen MR) is 158 cm³/mol. The molecule has 0 radical (unpaired) electrons. The number of imide groups is 1. The van der Waals surface area contributed by atoms with E-state index in [1.165, 1.54) is 13.2 Å². The number of carbonyl (C=O) groups excluding carboxylic acids is 3. The summed E-state index contributed by atoms with van der Waals surface area (Å²) in [6.45, 7) is 2.08. The van der Waals surface area contributed by atoms with E-state index >= 15 is 0 Å². The lowest BCUT2D eigenvalue weighted by molar-refractivity contribution is -0.127. The Bertz CT molecular complexity index is 1480. The van der Waals surface area contributed by atoms with Crippen LogP contribution in [0.15, 0.2) is 59.5 Å². The Morgan fingerprint density at radius 1 is 1.00 bits per heavy atom. The molecule has 0 aliphatic carbocycles. The Morgan fingerprint density at radius 3 is 2.42 bits per heavy atom. The van der Waals surface area contributed by atoms with Gasteiger partial charge in [-0.25, -0.2) is 0 Å². The first-order valence-electron chi connectivity index (χ1n) is 11.9. The molecule has 0 aromatic heterocycles. The number of rotatable bonds is 10. The zero-order chi connectivity index (χ0) is 28.8. The van der Waals surface area contributed by atoms with Crippen molar-refractivity contribution in [1.82, 2.24) is 4.90 Å². The molecule has 8 nitrogen and oxygen atoms in total. The van der Waals surface area contributed by atoms with E-state index in [4.69, 9.17) is 49.0 Å². The second-order valence-corrected chi connectivity index (χ2v) is 10.6. The predicted octanol–water partition coefficient (Wildman–Crippen LogP) is 7.31. The van der Waals surface area contributed by atoms with Gasteiger partial charge in [-0.15, -0.1) is 0 Å². The lowest BCUT2D eigenvalue weighted by Crippen LogP contribution is -2.36. The number of carbonyl (C=O) groups is 3. The highest BCUT2D eigenvalue weighted by atomic mass is 35.5. The van der Waals surface area contributed by atoms with Crippen LogP contribution in [0.3, 0.4) is 0 Å². The number of hydrogen-bond acceptors (Lipinski definition) is 7. The Kier molecular flexibility index (Phi) is 9.86. The molecule has 40 heavy (non-hydrogen) atoms. The topological polar surface area (TPSA) is 94.2 Å². The fourth-order valence-corrected chi connectivity index (χ4v) is 5.26. The smallest absolute Gasteiger partial charge is 0.294 e. The first-order chi connectivity index (χ1) is 19.2. The summed E-state index contributed by atoms with van der Waals surface area (Å²) in [7, 11) is 1.45. The van der Waals surface area contributed by atoms with E-state index in [1.54, 1.807) is 54.6 Å². The number of anilines is 1. The molecule has 0 unspecified atom stereocenters. The van der Waals surface area contributed by atoms with Crippen LogP contribution >= 0.6 is 46.6 Å². The van der Waals surface area contributed by atoms with E-state index in [0.29, 0.717) is 45.0 Å². The first-order valence-corrected chi connectivity index (χ1v) is 13.9. The summed E-state index contributed by atoms with van der Waals surface area (Å²) in [4.78, 5) is 39.0. The van der Waals surface area contributed by atoms with Gasteiger partial charge in [0.15, 0.2) is 11.5 Å². The van der Waals surface area contributed by atoms with E-state index in [9.17, 15) is 14.4 Å². The van der Waals surface area contributed by atoms with Crippen LogP contribution in [0, 0.1) is 0 Å². The number of thioether (sulfide) groups is 1. The van der Waals surface area contributed by atoms with Gasteiger partial charge in [0.25, 0.3) is 11.1 Å². The van der Waals surface area contributed by atoms with Crippen LogP contribution in [0.1, 0.15) is 18.1 Å². The molecule has 1 aliphatic rings. The monoisotopic (exact) mass is 620 g/mol. The molecule has 3 aromatic carbocycles. The molecule has 1 aliphatic heterocycles. The lowest BCUT2D eigenvalue weighted by atomic mass is 10.1. The van der Waals surface area contributed by atoms with E-state index < -0.39 is 23.6 Å². The molecule has 1 saturated heterocycles. The SMILES string of the molecule is CCOc1ccc(NC(=O)CN2C(=O)S/C(=C/c3cc(Cl)c(OCc4ccc(Cl)cc4Cl)c(OC)c3)C2=O)cc1. The molecule has 1 N–H and O–H groups in total. The molecule has 3 aromatic rings. The van der Waals surface area contributed by atoms with Crippen LogP contribution in [0.25, 0.3) is 6.08 Å². The number of amides is 3. The largest absolute Gasteiger partial charge is 0.494 e. The van der Waals surface area contributed by atoms with E-state index in [-0.39, 0.29) is 22.3 Å². The molecule has 4 rings (SSSR count). The number of hydrogen-bond donors (Lipinski definition) is 1. The van der Waals surface area contributed by atoms with Gasteiger partial charge in [0, 0.05) is 21.3 Å². The van der Waals surface area contributed by atoms with Crippen molar-refractivity contribution in [1.29, 1.82) is 0 Å². The highest BCUT2D eigenvalue weighted by Crippen LogP contribution is 2.39. The Labute approximate surface area is 250 Å². The standard InChI is InChI=1S/C28H23Cl3N2O6S/c1-3-38-20-8-6-19(7-9-20)32-25(34)14-33-27(35)24(40-28(33)36)12-16-10-22(31)26(23(11-16)37-2)39-15-17-4-5-18(29)13-21(17)30/h4-13H,3,14-15H2,1-2H3,(H,32,34)/b24-12+. The van der Waals surface area contributed by atoms with Crippen LogP contribution in [-0.2, 0) is 16.2 Å². The maximum absolute atomic E-state index is 13.0. The summed E-state index contributed by atoms with van der Waals surface area (Å²) < 4.78 is 16.7. The summed E-state index contributed by atoms with van der Waals surface area (Å²) in [6, 6.07) is 15.0. The van der Waals surface area contributed by atoms with Crippen LogP contribution in [-0.4, -0.2) is 42.2 Å². The number of halogens is 3. The molecule has 208 valence electrons. The van der Waals surface area contributed by atoms with Crippen LogP contribution < -0.4 is 19.5 Å². The minimum absolute atomic E-state index is 0.114. The summed E-state index contributed by atoms with van der Waals surface area (Å²) in [5.74, 6) is 0.160. The minimum atomic E-state index is -0.593. The molecule has 0 bridgehead atoms. The zero-order valence-corrected chi connectivity index (χ0v) is 24.4. The van der Waals surface area contributed by atoms with Gasteiger partial charge >= 0.3 is 0 Å². The number of benzene rings is 3. The second kappa shape index (κ2) is 13.3. The summed E-state index contributed by atoms with van der Waals surface area (Å²) in [5, 5.41) is 3.29. The maximum atomic E-state index is 13.0. The molecule has 1 heterocycles. The molecule has 0 spiro atoms. The average Bonchev–Trinajstić information content (AvgIpc) is 3.17. The Hall–Kier alpha value is -3.37. The van der Waals surface area contributed by atoms with Gasteiger partial charge in [-0.3, -0.25) is 19.3 Å². The molecule has 3 amide bonds. The molecular weight excluding hydrogens is 599 g/mol. The molecule has 1 fully saturated rings. The number of nitrogens with zero attached hydrogens (tertiary/aromatic N) is 1. The highest BCUT2D eigenvalue weighted by molar-refractivity contribution is 8.18. The second-order valence-electron chi connectivity index (χ2n) is 8.33.